The molecule has 2 N–H and O–H groups in total. The van der Waals surface area contributed by atoms with Gasteiger partial charge in [0.1, 0.15) is 23.8 Å². The molecule has 2 amide bonds. The third kappa shape index (κ3) is 6.84. The summed E-state index contributed by atoms with van der Waals surface area (Å²) in [5, 5.41) is 14.8. The number of allylic oxidation sites excluding steroid dienone is 1. The fourth-order valence-corrected chi connectivity index (χ4v) is 7.82. The number of piperidine rings is 1. The zero-order valence-electron chi connectivity index (χ0n) is 28.4. The molecule has 3 aliphatic heterocycles. The Bertz CT molecular complexity index is 1830. The predicted molar refractivity (Wildman–Crippen MR) is 189 cm³/mol. The molecule has 10 nitrogen and oxygen atoms in total. The number of aromatic hydroxyl groups is 1. The smallest absolute Gasteiger partial charge is 0.228 e. The molecule has 2 fully saturated rings. The van der Waals surface area contributed by atoms with Crippen molar-refractivity contribution in [1.29, 1.82) is 0 Å². The molecule has 3 heterocycles. The van der Waals surface area contributed by atoms with Gasteiger partial charge in [-0.3, -0.25) is 19.3 Å². The van der Waals surface area contributed by atoms with Crippen molar-refractivity contribution in [1.82, 2.24) is 4.90 Å². The second kappa shape index (κ2) is 13.7. The second-order valence-corrected chi connectivity index (χ2v) is 14.6. The maximum Gasteiger partial charge on any atom is 0.228 e. The summed E-state index contributed by atoms with van der Waals surface area (Å²) in [5.41, 5.74) is 2.94. The van der Waals surface area contributed by atoms with Crippen molar-refractivity contribution in [2.45, 2.75) is 70.8 Å². The first kappa shape index (κ1) is 34.1. The quantitative estimate of drug-likeness (QED) is 0.256. The van der Waals surface area contributed by atoms with Gasteiger partial charge in [0.2, 0.25) is 11.8 Å². The van der Waals surface area contributed by atoms with E-state index >= 15 is 0 Å². The molecular weight excluding hydrogens is 658 g/mol. The van der Waals surface area contributed by atoms with Gasteiger partial charge in [-0.05, 0) is 47.2 Å². The first-order chi connectivity index (χ1) is 24.0. The summed E-state index contributed by atoms with van der Waals surface area (Å²) in [6, 6.07) is 19.1. The molecule has 0 aromatic heterocycles. The molecule has 11 heteroatoms. The molecule has 262 valence electrons. The van der Waals surface area contributed by atoms with Gasteiger partial charge in [-0.15, -0.1) is 0 Å². The van der Waals surface area contributed by atoms with E-state index in [4.69, 9.17) is 25.8 Å². The maximum absolute atomic E-state index is 14.6. The van der Waals surface area contributed by atoms with Gasteiger partial charge in [0.05, 0.1) is 24.9 Å². The largest absolute Gasteiger partial charge is 0.506 e. The van der Waals surface area contributed by atoms with Crippen LogP contribution in [-0.4, -0.2) is 59.7 Å². The number of halogens is 1. The van der Waals surface area contributed by atoms with Crippen molar-refractivity contribution in [3.05, 3.63) is 94.1 Å². The molecule has 0 saturated carbocycles. The fraction of sp³-hybridized carbons (Fsp3) is 0.410. The van der Waals surface area contributed by atoms with Gasteiger partial charge in [0.25, 0.3) is 0 Å². The fourth-order valence-electron chi connectivity index (χ4n) is 7.55. The van der Waals surface area contributed by atoms with E-state index in [0.717, 1.165) is 5.56 Å². The van der Waals surface area contributed by atoms with Crippen LogP contribution >= 0.6 is 11.6 Å². The highest BCUT2D eigenvalue weighted by molar-refractivity contribution is 6.31. The summed E-state index contributed by atoms with van der Waals surface area (Å²) in [7, 11) is 0. The molecule has 1 unspecified atom stereocenters. The zero-order chi connectivity index (χ0) is 35.0. The van der Waals surface area contributed by atoms with Crippen molar-refractivity contribution >= 4 is 40.6 Å². The normalized spacial score (nSPS) is 20.9. The average Bonchev–Trinajstić information content (AvgIpc) is 3.48. The summed E-state index contributed by atoms with van der Waals surface area (Å²) in [6.45, 7) is 6.46. The van der Waals surface area contributed by atoms with Gasteiger partial charge in [-0.1, -0.05) is 67.9 Å². The van der Waals surface area contributed by atoms with E-state index in [1.54, 1.807) is 41.3 Å². The molecule has 2 saturated heterocycles. The Morgan fingerprint density at radius 1 is 0.960 bits per heavy atom. The van der Waals surface area contributed by atoms with Crippen LogP contribution in [0.3, 0.4) is 0 Å². The van der Waals surface area contributed by atoms with Gasteiger partial charge in [0, 0.05) is 61.5 Å². The van der Waals surface area contributed by atoms with Gasteiger partial charge in [-0.25, -0.2) is 0 Å². The summed E-state index contributed by atoms with van der Waals surface area (Å²) < 4.78 is 17.7. The number of phenols is 1. The van der Waals surface area contributed by atoms with E-state index in [-0.39, 0.29) is 48.0 Å². The Labute approximate surface area is 296 Å². The van der Waals surface area contributed by atoms with Crippen LogP contribution in [0, 0.1) is 5.41 Å². The highest BCUT2D eigenvalue weighted by Crippen LogP contribution is 2.51. The van der Waals surface area contributed by atoms with Crippen molar-refractivity contribution < 1.29 is 33.7 Å². The number of fused-ring (bicyclic) bond motifs is 1. The van der Waals surface area contributed by atoms with Crippen LogP contribution < -0.4 is 15.0 Å². The van der Waals surface area contributed by atoms with Crippen LogP contribution in [-0.2, 0) is 30.5 Å². The number of hydrogen-bond acceptors (Lipinski definition) is 8. The maximum atomic E-state index is 14.6. The second-order valence-electron chi connectivity index (χ2n) is 14.2. The number of nitrogens with zero attached hydrogens (tertiary/aromatic N) is 2. The highest BCUT2D eigenvalue weighted by atomic mass is 35.5. The van der Waals surface area contributed by atoms with Crippen LogP contribution in [0.4, 0.5) is 11.4 Å². The third-order valence-corrected chi connectivity index (χ3v) is 10.4. The molecule has 1 aliphatic carbocycles. The number of para-hydroxylation sites is 1. The van der Waals surface area contributed by atoms with Gasteiger partial charge in [0.15, 0.2) is 11.6 Å². The molecule has 4 aliphatic rings. The number of anilines is 2. The van der Waals surface area contributed by atoms with E-state index in [9.17, 15) is 19.5 Å². The molecule has 7 rings (SSSR count). The molecule has 1 atom stereocenters. The summed E-state index contributed by atoms with van der Waals surface area (Å²) in [5.74, 6) is -0.765. The topological polar surface area (TPSA) is 118 Å². The van der Waals surface area contributed by atoms with Crippen LogP contribution in [0.5, 0.6) is 11.5 Å². The molecule has 3 aromatic rings. The first-order valence-corrected chi connectivity index (χ1v) is 17.6. The molecular formula is C39H42ClN3O7. The molecule has 50 heavy (non-hydrogen) atoms. The van der Waals surface area contributed by atoms with Crippen LogP contribution in [0.15, 0.2) is 78.0 Å². The van der Waals surface area contributed by atoms with Crippen molar-refractivity contribution in [3.8, 4) is 11.5 Å². The van der Waals surface area contributed by atoms with Gasteiger partial charge < -0.3 is 29.5 Å². The number of ether oxygens (including phenoxy) is 3. The Balaban J connectivity index is 1.22. The van der Waals surface area contributed by atoms with Crippen LogP contribution in [0.1, 0.15) is 69.5 Å². The van der Waals surface area contributed by atoms with Crippen molar-refractivity contribution in [2.75, 3.05) is 36.5 Å². The number of carbonyl (C=O) groups is 3. The first-order valence-electron chi connectivity index (χ1n) is 17.2. The lowest BCUT2D eigenvalue weighted by atomic mass is 9.73. The molecule has 1 spiro atoms. The Kier molecular flexibility index (Phi) is 9.36. The molecule has 3 aromatic carbocycles. The lowest BCUT2D eigenvalue weighted by molar-refractivity contribution is -0.187. The highest BCUT2D eigenvalue weighted by Gasteiger charge is 2.45. The van der Waals surface area contributed by atoms with E-state index in [1.807, 2.05) is 44.2 Å². The minimum Gasteiger partial charge on any atom is -0.506 e. The SMILES string of the molecule is CC1(C)CC(=O)C2=C(C1)Nc1c(O)cccc1N(C(=O)CCC(=O)N1CCC3(CC1)OCCO3)C2c1ccc(OCc2ccccc2)cc1Cl. The molecule has 0 radical (unpaired) electrons. The predicted octanol–water partition coefficient (Wildman–Crippen LogP) is 6.91. The number of nitrogens with one attached hydrogen (secondary N) is 1. The Morgan fingerprint density at radius 2 is 1.68 bits per heavy atom. The van der Waals surface area contributed by atoms with E-state index in [1.165, 1.54) is 4.90 Å². The number of likely N-dealkylation sites (tertiary alicyclic amines) is 1. The lowest BCUT2D eigenvalue weighted by Crippen LogP contribution is -2.47. The van der Waals surface area contributed by atoms with Gasteiger partial charge in [-0.2, -0.15) is 0 Å². The number of hydrogen-bond donors (Lipinski definition) is 2. The minimum absolute atomic E-state index is 0.0226. The van der Waals surface area contributed by atoms with Crippen molar-refractivity contribution in [2.24, 2.45) is 5.41 Å². The standard InChI is InChI=1S/C39H42ClN3O7/c1-38(2)22-29-35(32(45)23-38)37(27-12-11-26(21-28(27)40)48-24-25-7-4-3-5-8-25)43(30-9-6-10-31(44)36(30)41-29)34(47)14-13-33(46)42-17-15-39(16-18-42)49-19-20-50-39/h3-12,21,37,41,44H,13-20,22-24H2,1-2H3. The number of benzene rings is 3. The number of phenolic OH excluding ortho intramolecular Hbond substituents is 1. The molecule has 0 bridgehead atoms. The summed E-state index contributed by atoms with van der Waals surface area (Å²) >= 11 is 7.04. The Morgan fingerprint density at radius 3 is 2.40 bits per heavy atom. The average molecular weight is 700 g/mol. The minimum atomic E-state index is -0.922. The number of rotatable bonds is 7. The number of ketones is 1. The van der Waals surface area contributed by atoms with Crippen LogP contribution in [0.2, 0.25) is 5.02 Å². The van der Waals surface area contributed by atoms with Crippen LogP contribution in [0.25, 0.3) is 0 Å². The van der Waals surface area contributed by atoms with Crippen molar-refractivity contribution in [3.63, 3.8) is 0 Å². The van der Waals surface area contributed by atoms with E-state index in [0.29, 0.717) is 91.2 Å². The Hall–Kier alpha value is -4.38. The number of amides is 2. The number of Topliss-reactive ketones (excluding diaryl/α,β-unsaturated/α-hetero) is 1. The van der Waals surface area contributed by atoms with Gasteiger partial charge >= 0.3 is 0 Å². The number of carbonyl (C=O) groups excluding carboxylic acids is 3. The van der Waals surface area contributed by atoms with E-state index in [2.05, 4.69) is 5.32 Å². The third-order valence-electron chi connectivity index (χ3n) is 10.0. The monoisotopic (exact) mass is 699 g/mol. The van der Waals surface area contributed by atoms with E-state index < -0.39 is 11.8 Å². The summed E-state index contributed by atoms with van der Waals surface area (Å²) in [4.78, 5) is 45.4. The summed E-state index contributed by atoms with van der Waals surface area (Å²) in [6.07, 6.45) is 1.81. The lowest BCUT2D eigenvalue weighted by Gasteiger charge is -2.38. The zero-order valence-corrected chi connectivity index (χ0v) is 29.1.